The molecule has 0 bridgehead atoms. The maximum Gasteiger partial charge on any atom is 0.336 e. The average Bonchev–Trinajstić information content (AvgIpc) is 3.19. The number of carbonyl (C=O) groups is 2. The molecule has 1 aromatic rings. The Kier molecular flexibility index (Phi) is 3.62. The molecule has 0 saturated heterocycles. The summed E-state index contributed by atoms with van der Waals surface area (Å²) < 4.78 is 0. The van der Waals surface area contributed by atoms with E-state index >= 15 is 0 Å². The van der Waals surface area contributed by atoms with Crippen molar-refractivity contribution in [2.75, 3.05) is 6.54 Å². The second kappa shape index (κ2) is 5.18. The molecule has 1 fully saturated rings. The van der Waals surface area contributed by atoms with Gasteiger partial charge in [0.15, 0.2) is 0 Å². The fraction of sp³-hybridized carbons (Fsp3) is 0.385. The number of amides is 1. The highest BCUT2D eigenvalue weighted by Crippen LogP contribution is 2.32. The first-order valence-corrected chi connectivity index (χ1v) is 5.88. The molecule has 5 nitrogen and oxygen atoms in total. The number of hydrogen-bond acceptors (Lipinski definition) is 3. The fourth-order valence-corrected chi connectivity index (χ4v) is 1.81. The van der Waals surface area contributed by atoms with Gasteiger partial charge in [-0.25, -0.2) is 4.79 Å². The van der Waals surface area contributed by atoms with Crippen LogP contribution >= 0.6 is 0 Å². The summed E-state index contributed by atoms with van der Waals surface area (Å²) in [5.41, 5.74) is 0.0870. The van der Waals surface area contributed by atoms with Crippen LogP contribution < -0.4 is 5.32 Å². The van der Waals surface area contributed by atoms with Crippen molar-refractivity contribution in [1.82, 2.24) is 5.32 Å². The third-order valence-corrected chi connectivity index (χ3v) is 3.04. The van der Waals surface area contributed by atoms with E-state index in [0.29, 0.717) is 0 Å². The zero-order chi connectivity index (χ0) is 13.1. The summed E-state index contributed by atoms with van der Waals surface area (Å²) in [5.74, 6) is -1.32. The Morgan fingerprint density at radius 3 is 2.44 bits per heavy atom. The molecule has 1 amide bonds. The molecule has 3 N–H and O–H groups in total. The first-order chi connectivity index (χ1) is 8.59. The van der Waals surface area contributed by atoms with Crippen LogP contribution in [0.5, 0.6) is 0 Å². The molecule has 0 spiro atoms. The topological polar surface area (TPSA) is 86.6 Å². The lowest BCUT2D eigenvalue weighted by Gasteiger charge is -2.11. The Morgan fingerprint density at radius 2 is 1.89 bits per heavy atom. The molecule has 5 heteroatoms. The minimum absolute atomic E-state index is 0.0316. The van der Waals surface area contributed by atoms with Gasteiger partial charge in [0.25, 0.3) is 5.91 Å². The quantitative estimate of drug-likeness (QED) is 0.723. The molecular formula is C13H15NO4. The molecule has 0 aliphatic heterocycles. The molecule has 1 aliphatic carbocycles. The van der Waals surface area contributed by atoms with Crippen molar-refractivity contribution >= 4 is 11.9 Å². The summed E-state index contributed by atoms with van der Waals surface area (Å²) in [6, 6.07) is 6.02. The molecule has 18 heavy (non-hydrogen) atoms. The molecule has 1 aromatic carbocycles. The molecule has 1 atom stereocenters. The lowest BCUT2D eigenvalue weighted by molar-refractivity contribution is 0.0690. The highest BCUT2D eigenvalue weighted by atomic mass is 16.4. The number of aromatic carboxylic acids is 1. The van der Waals surface area contributed by atoms with E-state index in [-0.39, 0.29) is 23.6 Å². The van der Waals surface area contributed by atoms with Crippen LogP contribution in [0.2, 0.25) is 0 Å². The molecule has 0 heterocycles. The van der Waals surface area contributed by atoms with E-state index in [0.717, 1.165) is 12.8 Å². The molecule has 0 radical (unpaired) electrons. The third-order valence-electron chi connectivity index (χ3n) is 3.04. The number of rotatable bonds is 5. The minimum atomic E-state index is -1.14. The van der Waals surface area contributed by atoms with E-state index in [4.69, 9.17) is 5.11 Å². The van der Waals surface area contributed by atoms with E-state index in [9.17, 15) is 14.7 Å². The summed E-state index contributed by atoms with van der Waals surface area (Å²) in [7, 11) is 0. The summed E-state index contributed by atoms with van der Waals surface area (Å²) in [5, 5.41) is 21.2. The van der Waals surface area contributed by atoms with E-state index in [1.165, 1.54) is 12.1 Å². The van der Waals surface area contributed by atoms with Crippen molar-refractivity contribution < 1.29 is 19.8 Å². The average molecular weight is 249 g/mol. The van der Waals surface area contributed by atoms with Gasteiger partial charge in [-0.3, -0.25) is 4.79 Å². The fourth-order valence-electron chi connectivity index (χ4n) is 1.81. The summed E-state index contributed by atoms with van der Waals surface area (Å²) in [6.07, 6.45) is 1.44. The van der Waals surface area contributed by atoms with Crippen LogP contribution in [0, 0.1) is 5.92 Å². The Hall–Kier alpha value is -1.88. The van der Waals surface area contributed by atoms with Gasteiger partial charge >= 0.3 is 5.97 Å². The highest BCUT2D eigenvalue weighted by molar-refractivity contribution is 6.04. The van der Waals surface area contributed by atoms with Crippen molar-refractivity contribution in [3.05, 3.63) is 35.4 Å². The molecular weight excluding hydrogens is 234 g/mol. The van der Waals surface area contributed by atoms with Gasteiger partial charge in [-0.1, -0.05) is 12.1 Å². The van der Waals surface area contributed by atoms with Crippen LogP contribution in [-0.4, -0.2) is 34.7 Å². The van der Waals surface area contributed by atoms with Crippen molar-refractivity contribution in [2.24, 2.45) is 5.92 Å². The molecule has 1 unspecified atom stereocenters. The normalized spacial score (nSPS) is 16.1. The predicted octanol–water partition coefficient (Wildman–Crippen LogP) is 0.885. The largest absolute Gasteiger partial charge is 0.478 e. The second-order valence-electron chi connectivity index (χ2n) is 4.47. The molecule has 1 aliphatic rings. The Bertz CT molecular complexity index is 468. The van der Waals surface area contributed by atoms with Gasteiger partial charge in [0, 0.05) is 6.54 Å². The smallest absolute Gasteiger partial charge is 0.336 e. The molecule has 0 aromatic heterocycles. The van der Waals surface area contributed by atoms with Crippen LogP contribution in [0.3, 0.4) is 0 Å². The van der Waals surface area contributed by atoms with Crippen LogP contribution in [0.1, 0.15) is 33.6 Å². The Balaban J connectivity index is 2.01. The predicted molar refractivity (Wildman–Crippen MR) is 64.5 cm³/mol. The van der Waals surface area contributed by atoms with Gasteiger partial charge in [-0.05, 0) is 30.9 Å². The Morgan fingerprint density at radius 1 is 1.28 bits per heavy atom. The monoisotopic (exact) mass is 249 g/mol. The summed E-state index contributed by atoms with van der Waals surface area (Å²) in [4.78, 5) is 22.8. The van der Waals surface area contributed by atoms with Crippen LogP contribution in [-0.2, 0) is 0 Å². The number of hydrogen-bond donors (Lipinski definition) is 3. The molecule has 96 valence electrons. The number of aliphatic hydroxyl groups is 1. The number of nitrogens with one attached hydrogen (secondary N) is 1. The Labute approximate surface area is 104 Å². The first-order valence-electron chi connectivity index (χ1n) is 5.88. The number of carbonyl (C=O) groups excluding carboxylic acids is 1. The van der Waals surface area contributed by atoms with Gasteiger partial charge in [-0.2, -0.15) is 0 Å². The zero-order valence-corrected chi connectivity index (χ0v) is 9.80. The van der Waals surface area contributed by atoms with Gasteiger partial charge in [-0.15, -0.1) is 0 Å². The maximum absolute atomic E-state index is 11.8. The van der Waals surface area contributed by atoms with E-state index in [1.54, 1.807) is 12.1 Å². The van der Waals surface area contributed by atoms with Gasteiger partial charge < -0.3 is 15.5 Å². The summed E-state index contributed by atoms with van der Waals surface area (Å²) in [6.45, 7) is 0.164. The number of aliphatic hydroxyl groups excluding tert-OH is 1. The van der Waals surface area contributed by atoms with E-state index in [1.807, 2.05) is 0 Å². The first kappa shape index (κ1) is 12.6. The van der Waals surface area contributed by atoms with Crippen LogP contribution in [0.15, 0.2) is 24.3 Å². The second-order valence-corrected chi connectivity index (χ2v) is 4.47. The molecule has 2 rings (SSSR count). The van der Waals surface area contributed by atoms with Crippen LogP contribution in [0.4, 0.5) is 0 Å². The third kappa shape index (κ3) is 2.87. The highest BCUT2D eigenvalue weighted by Gasteiger charge is 2.30. The minimum Gasteiger partial charge on any atom is -0.478 e. The molecule has 1 saturated carbocycles. The van der Waals surface area contributed by atoms with Crippen molar-refractivity contribution in [3.63, 3.8) is 0 Å². The standard InChI is InChI=1S/C13H15NO4/c15-11(8-5-6-8)7-14-12(16)9-3-1-2-4-10(9)13(17)18/h1-4,8,11,15H,5-7H2,(H,14,16)(H,17,18). The lowest BCUT2D eigenvalue weighted by Crippen LogP contribution is -2.33. The number of carboxylic acid groups (broad SMARTS) is 1. The van der Waals surface area contributed by atoms with Gasteiger partial charge in [0.05, 0.1) is 17.2 Å². The summed E-state index contributed by atoms with van der Waals surface area (Å²) >= 11 is 0. The van der Waals surface area contributed by atoms with Gasteiger partial charge in [0.2, 0.25) is 0 Å². The van der Waals surface area contributed by atoms with Crippen molar-refractivity contribution in [2.45, 2.75) is 18.9 Å². The number of carboxylic acids is 1. The number of benzene rings is 1. The van der Waals surface area contributed by atoms with Gasteiger partial charge in [0.1, 0.15) is 0 Å². The van der Waals surface area contributed by atoms with Crippen molar-refractivity contribution in [1.29, 1.82) is 0 Å². The SMILES string of the molecule is O=C(O)c1ccccc1C(=O)NCC(O)C1CC1. The maximum atomic E-state index is 11.8. The van der Waals surface area contributed by atoms with E-state index < -0.39 is 18.0 Å². The van der Waals surface area contributed by atoms with Crippen molar-refractivity contribution in [3.8, 4) is 0 Å². The van der Waals surface area contributed by atoms with Crippen LogP contribution in [0.25, 0.3) is 0 Å². The van der Waals surface area contributed by atoms with E-state index in [2.05, 4.69) is 5.32 Å². The zero-order valence-electron chi connectivity index (χ0n) is 9.80. The lowest BCUT2D eigenvalue weighted by atomic mass is 10.1.